The van der Waals surface area contributed by atoms with E-state index in [2.05, 4.69) is 11.9 Å². The Hall–Kier alpha value is -2.98. The summed E-state index contributed by atoms with van der Waals surface area (Å²) in [4.78, 5) is 12.8. The molecule has 10 heteroatoms. The van der Waals surface area contributed by atoms with Crippen molar-refractivity contribution < 1.29 is 17.7 Å². The van der Waals surface area contributed by atoms with E-state index in [-0.39, 0.29) is 23.7 Å². The van der Waals surface area contributed by atoms with Crippen LogP contribution < -0.4 is 10.2 Å². The topological polar surface area (TPSA) is 95.8 Å². The third-order valence-corrected chi connectivity index (χ3v) is 6.58. The van der Waals surface area contributed by atoms with Gasteiger partial charge in [0.2, 0.25) is 10.0 Å². The Bertz CT molecular complexity index is 1000. The summed E-state index contributed by atoms with van der Waals surface area (Å²) in [5, 5.41) is 14.2. The van der Waals surface area contributed by atoms with Crippen molar-refractivity contribution >= 4 is 27.1 Å². The van der Waals surface area contributed by atoms with Crippen molar-refractivity contribution in [3.05, 3.63) is 71.1 Å². The van der Waals surface area contributed by atoms with E-state index in [4.69, 9.17) is 0 Å². The summed E-state index contributed by atoms with van der Waals surface area (Å²) in [6.45, 7) is 5.35. The van der Waals surface area contributed by atoms with E-state index in [1.165, 1.54) is 22.5 Å². The molecule has 1 heterocycles. The minimum absolute atomic E-state index is 0.0341. The molecule has 0 saturated carbocycles. The predicted molar refractivity (Wildman–Crippen MR) is 109 cm³/mol. The van der Waals surface area contributed by atoms with Crippen LogP contribution in [-0.2, 0) is 10.0 Å². The number of hydrogen-bond donors (Lipinski definition) is 1. The summed E-state index contributed by atoms with van der Waals surface area (Å²) in [5.74, 6) is -0.493. The Kier molecular flexibility index (Phi) is 6.14. The molecule has 1 aliphatic heterocycles. The summed E-state index contributed by atoms with van der Waals surface area (Å²) < 4.78 is 39.9. The van der Waals surface area contributed by atoms with E-state index < -0.39 is 20.8 Å². The van der Waals surface area contributed by atoms with Crippen LogP contribution in [0.15, 0.2) is 60.0 Å². The number of sulfonamides is 1. The fourth-order valence-electron chi connectivity index (χ4n) is 3.15. The van der Waals surface area contributed by atoms with Crippen LogP contribution in [0.2, 0.25) is 0 Å². The average molecular weight is 420 g/mol. The highest BCUT2D eigenvalue weighted by molar-refractivity contribution is 7.89. The molecule has 8 nitrogen and oxygen atoms in total. The third kappa shape index (κ3) is 4.54. The van der Waals surface area contributed by atoms with E-state index in [9.17, 15) is 22.9 Å². The van der Waals surface area contributed by atoms with Gasteiger partial charge in [-0.05, 0) is 36.4 Å². The van der Waals surface area contributed by atoms with Crippen molar-refractivity contribution in [1.82, 2.24) is 4.31 Å². The zero-order valence-corrected chi connectivity index (χ0v) is 16.4. The Labute approximate surface area is 168 Å². The second-order valence-corrected chi connectivity index (χ2v) is 8.41. The Morgan fingerprint density at radius 1 is 1.14 bits per heavy atom. The van der Waals surface area contributed by atoms with Gasteiger partial charge in [0.1, 0.15) is 11.5 Å². The van der Waals surface area contributed by atoms with Gasteiger partial charge in [0.25, 0.3) is 5.69 Å². The largest absolute Gasteiger partial charge is 0.376 e. The monoisotopic (exact) mass is 420 g/mol. The molecular weight excluding hydrogens is 399 g/mol. The molecule has 29 heavy (non-hydrogen) atoms. The summed E-state index contributed by atoms with van der Waals surface area (Å²) in [7, 11) is -3.70. The predicted octanol–water partition coefficient (Wildman–Crippen LogP) is 2.84. The lowest BCUT2D eigenvalue weighted by atomic mass is 10.2. The van der Waals surface area contributed by atoms with E-state index in [0.29, 0.717) is 25.3 Å². The zero-order valence-electron chi connectivity index (χ0n) is 15.6. The van der Waals surface area contributed by atoms with Gasteiger partial charge in [0, 0.05) is 44.5 Å². The van der Waals surface area contributed by atoms with E-state index in [1.807, 2.05) is 4.90 Å². The number of anilines is 2. The number of nitrogens with one attached hydrogen (secondary N) is 1. The van der Waals surface area contributed by atoms with Gasteiger partial charge in [-0.25, -0.2) is 12.8 Å². The van der Waals surface area contributed by atoms with Gasteiger partial charge < -0.3 is 10.2 Å². The fourth-order valence-corrected chi connectivity index (χ4v) is 4.57. The lowest BCUT2D eigenvalue weighted by molar-refractivity contribution is -0.383. The molecule has 2 aromatic rings. The first-order chi connectivity index (χ1) is 13.8. The number of piperazine rings is 1. The quantitative estimate of drug-likeness (QED) is 0.420. The smallest absolute Gasteiger partial charge is 0.292 e. The molecule has 0 bridgehead atoms. The standard InChI is InChI=1S/C19H21FN4O4S/c1-2-9-21-18-14-16(5-8-19(18)24(25)26)22-10-12-23(13-11-22)29(27,28)17-6-3-15(20)4-7-17/h2-8,14,21H,1,9-13H2. The number of rotatable bonds is 7. The molecule has 2 aromatic carbocycles. The molecule has 0 spiro atoms. The molecule has 0 atom stereocenters. The average Bonchev–Trinajstić information content (AvgIpc) is 2.72. The van der Waals surface area contributed by atoms with Crippen LogP contribution in [0.5, 0.6) is 0 Å². The first-order valence-electron chi connectivity index (χ1n) is 8.97. The molecule has 1 N–H and O–H groups in total. The summed E-state index contributed by atoms with van der Waals surface area (Å²) >= 11 is 0. The maximum atomic E-state index is 13.1. The molecule has 154 valence electrons. The number of nitro benzene ring substituents is 1. The number of benzene rings is 2. The molecule has 0 unspecified atom stereocenters. The first kappa shape index (κ1) is 20.7. The van der Waals surface area contributed by atoms with Crippen molar-refractivity contribution in [2.45, 2.75) is 4.90 Å². The minimum Gasteiger partial charge on any atom is -0.376 e. The van der Waals surface area contributed by atoms with Crippen molar-refractivity contribution in [3.63, 3.8) is 0 Å². The van der Waals surface area contributed by atoms with Crippen molar-refractivity contribution in [2.24, 2.45) is 0 Å². The highest BCUT2D eigenvalue weighted by Gasteiger charge is 2.29. The van der Waals surface area contributed by atoms with Crippen molar-refractivity contribution in [1.29, 1.82) is 0 Å². The van der Waals surface area contributed by atoms with Crippen LogP contribution in [0, 0.1) is 15.9 Å². The molecule has 0 aliphatic carbocycles. The molecule has 3 rings (SSSR count). The molecule has 1 fully saturated rings. The molecule has 0 amide bonds. The summed E-state index contributed by atoms with van der Waals surface area (Å²) in [5.41, 5.74) is 1.11. The van der Waals surface area contributed by atoms with E-state index >= 15 is 0 Å². The van der Waals surface area contributed by atoms with Crippen LogP contribution in [-0.4, -0.2) is 50.4 Å². The van der Waals surface area contributed by atoms with Crippen LogP contribution >= 0.6 is 0 Å². The van der Waals surface area contributed by atoms with Gasteiger partial charge in [-0.3, -0.25) is 10.1 Å². The highest BCUT2D eigenvalue weighted by atomic mass is 32.2. The summed E-state index contributed by atoms with van der Waals surface area (Å²) in [6.07, 6.45) is 1.61. The normalized spacial score (nSPS) is 15.1. The second-order valence-electron chi connectivity index (χ2n) is 6.47. The van der Waals surface area contributed by atoms with Gasteiger partial charge in [-0.15, -0.1) is 6.58 Å². The maximum absolute atomic E-state index is 13.1. The maximum Gasteiger partial charge on any atom is 0.292 e. The lowest BCUT2D eigenvalue weighted by Crippen LogP contribution is -2.48. The van der Waals surface area contributed by atoms with E-state index in [0.717, 1.165) is 17.8 Å². The molecule has 0 radical (unpaired) electrons. The molecule has 1 saturated heterocycles. The molecular formula is C19H21FN4O4S. The number of nitrogens with zero attached hydrogens (tertiary/aromatic N) is 3. The van der Waals surface area contributed by atoms with Gasteiger partial charge in [0.05, 0.1) is 9.82 Å². The first-order valence-corrected chi connectivity index (χ1v) is 10.4. The Morgan fingerprint density at radius 3 is 2.38 bits per heavy atom. The number of hydrogen-bond acceptors (Lipinski definition) is 6. The summed E-state index contributed by atoms with van der Waals surface area (Å²) in [6, 6.07) is 9.53. The van der Waals surface area contributed by atoms with Gasteiger partial charge in [-0.2, -0.15) is 4.31 Å². The Morgan fingerprint density at radius 2 is 1.79 bits per heavy atom. The molecule has 0 aromatic heterocycles. The van der Waals surface area contributed by atoms with Crippen LogP contribution in [0.25, 0.3) is 0 Å². The highest BCUT2D eigenvalue weighted by Crippen LogP contribution is 2.30. The van der Waals surface area contributed by atoms with Gasteiger partial charge in [-0.1, -0.05) is 6.08 Å². The fraction of sp³-hybridized carbons (Fsp3) is 0.263. The van der Waals surface area contributed by atoms with Crippen molar-refractivity contribution in [2.75, 3.05) is 42.9 Å². The Balaban J connectivity index is 1.74. The van der Waals surface area contributed by atoms with Crippen LogP contribution in [0.3, 0.4) is 0 Å². The second kappa shape index (κ2) is 8.58. The third-order valence-electron chi connectivity index (χ3n) is 4.67. The zero-order chi connectivity index (χ0) is 21.0. The molecule has 1 aliphatic rings. The SMILES string of the molecule is C=CCNc1cc(N2CCN(S(=O)(=O)c3ccc(F)cc3)CC2)ccc1[N+](=O)[O-]. The minimum atomic E-state index is -3.70. The van der Waals surface area contributed by atoms with Gasteiger partial charge >= 0.3 is 0 Å². The van der Waals surface area contributed by atoms with Crippen LogP contribution in [0.1, 0.15) is 0 Å². The number of halogens is 1. The number of nitro groups is 1. The van der Waals surface area contributed by atoms with E-state index in [1.54, 1.807) is 18.2 Å². The van der Waals surface area contributed by atoms with Crippen molar-refractivity contribution in [3.8, 4) is 0 Å². The lowest BCUT2D eigenvalue weighted by Gasteiger charge is -2.35. The van der Waals surface area contributed by atoms with Crippen LogP contribution in [0.4, 0.5) is 21.5 Å². The van der Waals surface area contributed by atoms with Gasteiger partial charge in [0.15, 0.2) is 0 Å².